The maximum Gasteiger partial charge on any atom is 0.351 e. The van der Waals surface area contributed by atoms with Gasteiger partial charge in [0.2, 0.25) is 0 Å². The highest BCUT2D eigenvalue weighted by atomic mass is 32.2. The number of amides is 1. The molecule has 3 aromatic rings. The second-order valence-corrected chi connectivity index (χ2v) is 9.24. The molecule has 2 N–H and O–H groups in total. The lowest BCUT2D eigenvalue weighted by atomic mass is 10.2. The molecule has 0 unspecified atom stereocenters. The number of carbonyl (C=O) groups is 1. The van der Waals surface area contributed by atoms with Gasteiger partial charge in [-0.05, 0) is 37.3 Å². The standard InChI is InChI=1S/C23H22N3O7S/c1-15-7-9-17(10-8-15)34(30,31)32-14-19-18(27)13-21(33-19)26-12-11-20(25-23(26)29)24-22(28)16-5-3-2-4-6-16/h2-13,18-19,21,27H,14H2,1H3,(H,24,25,28,29)/t18-,19-,21-/m1/s1. The van der Waals surface area contributed by atoms with Crippen LogP contribution in [0.5, 0.6) is 0 Å². The average molecular weight is 485 g/mol. The number of benzene rings is 2. The molecule has 1 aliphatic rings. The topological polar surface area (TPSA) is 137 Å². The van der Waals surface area contributed by atoms with E-state index in [-0.39, 0.29) is 10.7 Å². The Balaban J connectivity index is 1.39. The molecule has 11 heteroatoms. The molecule has 1 saturated heterocycles. The van der Waals surface area contributed by atoms with Crippen LogP contribution in [-0.2, 0) is 19.0 Å². The molecule has 1 radical (unpaired) electrons. The molecule has 0 spiro atoms. The molecule has 177 valence electrons. The van der Waals surface area contributed by atoms with Gasteiger partial charge in [0.15, 0.2) is 0 Å². The lowest BCUT2D eigenvalue weighted by Gasteiger charge is -2.16. The van der Waals surface area contributed by atoms with Crippen LogP contribution in [0.1, 0.15) is 22.1 Å². The van der Waals surface area contributed by atoms with Gasteiger partial charge in [0.25, 0.3) is 16.0 Å². The van der Waals surface area contributed by atoms with Crippen LogP contribution in [0.4, 0.5) is 5.82 Å². The van der Waals surface area contributed by atoms with Crippen molar-refractivity contribution in [1.29, 1.82) is 0 Å². The highest BCUT2D eigenvalue weighted by Crippen LogP contribution is 2.28. The van der Waals surface area contributed by atoms with Gasteiger partial charge in [-0.25, -0.2) is 4.79 Å². The molecule has 0 bridgehead atoms. The smallest absolute Gasteiger partial charge is 0.351 e. The van der Waals surface area contributed by atoms with Crippen LogP contribution in [0.2, 0.25) is 0 Å². The maximum atomic E-state index is 12.5. The van der Waals surface area contributed by atoms with Gasteiger partial charge in [0.05, 0.1) is 17.6 Å². The van der Waals surface area contributed by atoms with E-state index in [2.05, 4.69) is 10.3 Å². The molecular weight excluding hydrogens is 462 g/mol. The van der Waals surface area contributed by atoms with Gasteiger partial charge < -0.3 is 15.2 Å². The fourth-order valence-corrected chi connectivity index (χ4v) is 4.20. The lowest BCUT2D eigenvalue weighted by Crippen LogP contribution is -2.29. The summed E-state index contributed by atoms with van der Waals surface area (Å²) < 4.78 is 36.5. The molecule has 3 atom stereocenters. The van der Waals surface area contributed by atoms with Crippen LogP contribution in [0, 0.1) is 13.3 Å². The van der Waals surface area contributed by atoms with E-state index in [9.17, 15) is 23.1 Å². The fraction of sp³-hybridized carbons (Fsp3) is 0.217. The number of aryl methyl sites for hydroxylation is 1. The molecule has 1 fully saturated rings. The van der Waals surface area contributed by atoms with Gasteiger partial charge in [-0.3, -0.25) is 13.5 Å². The summed E-state index contributed by atoms with van der Waals surface area (Å²) in [6.07, 6.45) is -0.504. The molecule has 0 aliphatic carbocycles. The van der Waals surface area contributed by atoms with Crippen LogP contribution >= 0.6 is 0 Å². The van der Waals surface area contributed by atoms with E-state index in [4.69, 9.17) is 8.92 Å². The second kappa shape index (κ2) is 9.85. The summed E-state index contributed by atoms with van der Waals surface area (Å²) in [7, 11) is -4.04. The van der Waals surface area contributed by atoms with E-state index in [1.807, 2.05) is 6.92 Å². The van der Waals surface area contributed by atoms with Gasteiger partial charge in [-0.15, -0.1) is 0 Å². The van der Waals surface area contributed by atoms with E-state index in [1.54, 1.807) is 42.5 Å². The highest BCUT2D eigenvalue weighted by Gasteiger charge is 2.37. The third kappa shape index (κ3) is 5.39. The minimum absolute atomic E-state index is 0.0142. The number of ether oxygens (including phenoxy) is 1. The number of nitrogens with one attached hydrogen (secondary N) is 1. The monoisotopic (exact) mass is 484 g/mol. The van der Waals surface area contributed by atoms with Crippen LogP contribution < -0.4 is 11.0 Å². The van der Waals surface area contributed by atoms with E-state index < -0.39 is 46.8 Å². The molecule has 10 nitrogen and oxygen atoms in total. The Hall–Kier alpha value is -3.38. The third-order valence-corrected chi connectivity index (χ3v) is 6.43. The molecular formula is C23H22N3O7S. The number of rotatable bonds is 7. The molecule has 1 aromatic heterocycles. The SMILES string of the molecule is Cc1ccc(S(=O)(=O)OC[C@H]2O[C@@H](n3ccc(NC(=O)c4ccccc4)nc3=O)[CH][C@H]2O)cc1. The first-order valence-electron chi connectivity index (χ1n) is 10.3. The van der Waals surface area contributed by atoms with E-state index in [1.165, 1.54) is 30.8 Å². The Kier molecular flexibility index (Phi) is 6.89. The molecule has 4 rings (SSSR count). The van der Waals surface area contributed by atoms with E-state index >= 15 is 0 Å². The zero-order valence-corrected chi connectivity index (χ0v) is 18.9. The summed E-state index contributed by atoms with van der Waals surface area (Å²) in [5.41, 5.74) is 0.580. The normalized spacial score (nSPS) is 20.2. The summed E-state index contributed by atoms with van der Waals surface area (Å²) in [4.78, 5) is 28.5. The third-order valence-electron chi connectivity index (χ3n) is 5.14. The van der Waals surface area contributed by atoms with Crippen molar-refractivity contribution in [3.63, 3.8) is 0 Å². The lowest BCUT2D eigenvalue weighted by molar-refractivity contribution is -0.0387. The van der Waals surface area contributed by atoms with Crippen molar-refractivity contribution in [2.45, 2.75) is 30.3 Å². The Morgan fingerprint density at radius 3 is 2.53 bits per heavy atom. The van der Waals surface area contributed by atoms with E-state index in [0.29, 0.717) is 5.56 Å². The van der Waals surface area contributed by atoms with Gasteiger partial charge >= 0.3 is 5.69 Å². The van der Waals surface area contributed by atoms with Crippen LogP contribution in [0.3, 0.4) is 0 Å². The van der Waals surface area contributed by atoms with Crippen molar-refractivity contribution < 1.29 is 27.2 Å². The number of anilines is 1. The molecule has 0 saturated carbocycles. The Morgan fingerprint density at radius 1 is 1.15 bits per heavy atom. The van der Waals surface area contributed by atoms with Crippen molar-refractivity contribution in [1.82, 2.24) is 9.55 Å². The van der Waals surface area contributed by atoms with Crippen molar-refractivity contribution >= 4 is 21.8 Å². The Bertz CT molecular complexity index is 1320. The Morgan fingerprint density at radius 2 is 1.85 bits per heavy atom. The number of hydrogen-bond donors (Lipinski definition) is 2. The van der Waals surface area contributed by atoms with Crippen molar-refractivity contribution in [2.75, 3.05) is 11.9 Å². The molecule has 1 amide bonds. The minimum Gasteiger partial charge on any atom is -0.390 e. The fourth-order valence-electron chi connectivity index (χ4n) is 3.28. The van der Waals surface area contributed by atoms with Crippen LogP contribution in [0.25, 0.3) is 0 Å². The van der Waals surface area contributed by atoms with E-state index in [0.717, 1.165) is 10.1 Å². The number of aromatic nitrogens is 2. The number of aliphatic hydroxyl groups is 1. The van der Waals surface area contributed by atoms with Gasteiger partial charge in [0, 0.05) is 18.2 Å². The summed E-state index contributed by atoms with van der Waals surface area (Å²) in [6, 6.07) is 16.0. The molecule has 1 aliphatic heterocycles. The molecule has 2 aromatic carbocycles. The first-order valence-corrected chi connectivity index (χ1v) is 11.7. The van der Waals surface area contributed by atoms with Gasteiger partial charge in [-0.2, -0.15) is 13.4 Å². The zero-order valence-electron chi connectivity index (χ0n) is 18.1. The van der Waals surface area contributed by atoms with Crippen molar-refractivity contribution in [3.05, 3.63) is 94.9 Å². The molecule has 34 heavy (non-hydrogen) atoms. The minimum atomic E-state index is -4.04. The summed E-state index contributed by atoms with van der Waals surface area (Å²) in [5, 5.41) is 12.8. The van der Waals surface area contributed by atoms with Crippen LogP contribution in [0.15, 0.2) is 76.6 Å². The number of nitrogens with zero attached hydrogens (tertiary/aromatic N) is 2. The predicted molar refractivity (Wildman–Crippen MR) is 121 cm³/mol. The van der Waals surface area contributed by atoms with Crippen molar-refractivity contribution in [2.24, 2.45) is 0 Å². The first kappa shape index (κ1) is 23.8. The largest absolute Gasteiger partial charge is 0.390 e. The van der Waals surface area contributed by atoms with Crippen LogP contribution in [-0.4, -0.2) is 47.8 Å². The number of aliphatic hydroxyl groups excluding tert-OH is 1. The van der Waals surface area contributed by atoms with Gasteiger partial charge in [0.1, 0.15) is 18.1 Å². The zero-order chi connectivity index (χ0) is 24.3. The quantitative estimate of drug-likeness (QED) is 0.483. The predicted octanol–water partition coefficient (Wildman–Crippen LogP) is 1.67. The van der Waals surface area contributed by atoms with Gasteiger partial charge in [-0.1, -0.05) is 35.9 Å². The first-order chi connectivity index (χ1) is 16.2. The highest BCUT2D eigenvalue weighted by molar-refractivity contribution is 7.86. The number of hydrogen-bond acceptors (Lipinski definition) is 8. The Labute approximate surface area is 195 Å². The maximum absolute atomic E-state index is 12.5. The average Bonchev–Trinajstić information content (AvgIpc) is 3.19. The number of carbonyl (C=O) groups excluding carboxylic acids is 1. The second-order valence-electron chi connectivity index (χ2n) is 7.62. The van der Waals surface area contributed by atoms with Crippen molar-refractivity contribution in [3.8, 4) is 0 Å². The molecule has 2 heterocycles. The summed E-state index contributed by atoms with van der Waals surface area (Å²) >= 11 is 0. The summed E-state index contributed by atoms with van der Waals surface area (Å²) in [5.74, 6) is -0.367. The summed E-state index contributed by atoms with van der Waals surface area (Å²) in [6.45, 7) is 1.38.